The number of nitrogen functional groups attached to an aromatic ring is 1. The molecule has 0 bridgehead atoms. The van der Waals surface area contributed by atoms with Crippen molar-refractivity contribution in [1.82, 2.24) is 9.88 Å². The second kappa shape index (κ2) is 8.06. The van der Waals surface area contributed by atoms with E-state index in [4.69, 9.17) is 10.5 Å². The highest BCUT2D eigenvalue weighted by molar-refractivity contribution is 7.15. The van der Waals surface area contributed by atoms with Crippen LogP contribution < -0.4 is 10.5 Å². The van der Waals surface area contributed by atoms with Gasteiger partial charge in [-0.05, 0) is 50.9 Å². The Bertz CT molecular complexity index is 791. The molecule has 4 nitrogen and oxygen atoms in total. The monoisotopic (exact) mass is 399 g/mol. The third-order valence-corrected chi connectivity index (χ3v) is 5.64. The van der Waals surface area contributed by atoms with Crippen LogP contribution in [0.3, 0.4) is 0 Å². The van der Waals surface area contributed by atoms with E-state index in [1.54, 1.807) is 6.07 Å². The van der Waals surface area contributed by atoms with Gasteiger partial charge in [-0.15, -0.1) is 11.3 Å². The number of ether oxygens (including phenoxy) is 1. The summed E-state index contributed by atoms with van der Waals surface area (Å²) in [5, 5.41) is 0.367. The van der Waals surface area contributed by atoms with Crippen LogP contribution in [0.5, 0.6) is 5.75 Å². The van der Waals surface area contributed by atoms with Crippen LogP contribution in [0.4, 0.5) is 18.3 Å². The van der Waals surface area contributed by atoms with Crippen LogP contribution in [0.15, 0.2) is 18.2 Å². The second-order valence-corrected chi connectivity index (χ2v) is 7.96. The van der Waals surface area contributed by atoms with Gasteiger partial charge in [-0.3, -0.25) is 4.90 Å². The van der Waals surface area contributed by atoms with Gasteiger partial charge in [-0.1, -0.05) is 6.92 Å². The number of halogens is 3. The van der Waals surface area contributed by atoms with E-state index in [1.165, 1.54) is 17.4 Å². The average molecular weight is 399 g/mol. The summed E-state index contributed by atoms with van der Waals surface area (Å²) in [6.07, 6.45) is -1.60. The van der Waals surface area contributed by atoms with E-state index in [0.717, 1.165) is 30.3 Å². The first-order valence-electron chi connectivity index (χ1n) is 9.13. The number of thiazole rings is 1. The SMILES string of the molecule is CCCOc1ccc(-c2nc(N)sc2CN2CCC[C@H]2C)cc1C(F)(F)F. The first-order valence-corrected chi connectivity index (χ1v) is 9.95. The van der Waals surface area contributed by atoms with Crippen molar-refractivity contribution in [3.05, 3.63) is 28.6 Å². The number of alkyl halides is 3. The summed E-state index contributed by atoms with van der Waals surface area (Å²) in [4.78, 5) is 7.54. The van der Waals surface area contributed by atoms with E-state index < -0.39 is 11.7 Å². The van der Waals surface area contributed by atoms with Gasteiger partial charge in [0.1, 0.15) is 5.75 Å². The van der Waals surface area contributed by atoms with Crippen LogP contribution >= 0.6 is 11.3 Å². The molecule has 0 spiro atoms. The lowest BCUT2D eigenvalue weighted by atomic mass is 10.1. The van der Waals surface area contributed by atoms with Crippen LogP contribution in [0.1, 0.15) is 43.6 Å². The molecule has 8 heteroatoms. The number of nitrogens with two attached hydrogens (primary N) is 1. The quantitative estimate of drug-likeness (QED) is 0.727. The summed E-state index contributed by atoms with van der Waals surface area (Å²) in [5.41, 5.74) is 6.06. The van der Waals surface area contributed by atoms with Crippen molar-refractivity contribution >= 4 is 16.5 Å². The van der Waals surface area contributed by atoms with E-state index in [9.17, 15) is 13.2 Å². The van der Waals surface area contributed by atoms with Crippen molar-refractivity contribution in [2.45, 2.75) is 51.9 Å². The van der Waals surface area contributed by atoms with Crippen molar-refractivity contribution in [2.24, 2.45) is 0 Å². The molecule has 148 valence electrons. The Hall–Kier alpha value is -1.80. The Balaban J connectivity index is 1.96. The molecule has 2 aromatic rings. The van der Waals surface area contributed by atoms with Gasteiger partial charge in [0.25, 0.3) is 0 Å². The molecule has 0 amide bonds. The minimum absolute atomic E-state index is 0.147. The first-order chi connectivity index (χ1) is 12.8. The summed E-state index contributed by atoms with van der Waals surface area (Å²) in [7, 11) is 0. The summed E-state index contributed by atoms with van der Waals surface area (Å²) in [6, 6.07) is 4.59. The van der Waals surface area contributed by atoms with Crippen LogP contribution in [-0.2, 0) is 12.7 Å². The average Bonchev–Trinajstić information content (AvgIpc) is 3.18. The van der Waals surface area contributed by atoms with E-state index in [-0.39, 0.29) is 12.4 Å². The molecule has 1 saturated heterocycles. The molecule has 2 N–H and O–H groups in total. The van der Waals surface area contributed by atoms with Crippen molar-refractivity contribution in [3.8, 4) is 17.0 Å². The molecule has 1 atom stereocenters. The van der Waals surface area contributed by atoms with Gasteiger partial charge in [-0.25, -0.2) is 4.98 Å². The molecule has 27 heavy (non-hydrogen) atoms. The maximum atomic E-state index is 13.5. The number of nitrogens with zero attached hydrogens (tertiary/aromatic N) is 2. The third kappa shape index (κ3) is 4.55. The molecule has 1 aliphatic heterocycles. The highest BCUT2D eigenvalue weighted by atomic mass is 32.1. The van der Waals surface area contributed by atoms with Crippen molar-refractivity contribution in [1.29, 1.82) is 0 Å². The molecule has 0 aliphatic carbocycles. The van der Waals surface area contributed by atoms with Gasteiger partial charge < -0.3 is 10.5 Å². The van der Waals surface area contributed by atoms with Gasteiger partial charge >= 0.3 is 6.18 Å². The van der Waals surface area contributed by atoms with E-state index >= 15 is 0 Å². The molecule has 0 saturated carbocycles. The smallest absolute Gasteiger partial charge is 0.419 e. The molecular weight excluding hydrogens is 375 g/mol. The third-order valence-electron chi connectivity index (χ3n) is 4.77. The van der Waals surface area contributed by atoms with Gasteiger partial charge in [0.15, 0.2) is 5.13 Å². The van der Waals surface area contributed by atoms with Crippen LogP contribution in [0.25, 0.3) is 11.3 Å². The Labute approximate surface area is 161 Å². The number of benzene rings is 1. The second-order valence-electron chi connectivity index (χ2n) is 6.84. The number of aromatic nitrogens is 1. The predicted octanol–water partition coefficient (Wildman–Crippen LogP) is 5.18. The number of anilines is 1. The fraction of sp³-hybridized carbons (Fsp3) is 0.526. The molecule has 0 unspecified atom stereocenters. The van der Waals surface area contributed by atoms with Crippen molar-refractivity contribution in [2.75, 3.05) is 18.9 Å². The molecule has 1 fully saturated rings. The van der Waals surface area contributed by atoms with Gasteiger partial charge in [0.2, 0.25) is 0 Å². The fourth-order valence-corrected chi connectivity index (χ4v) is 4.23. The predicted molar refractivity (Wildman–Crippen MR) is 102 cm³/mol. The van der Waals surface area contributed by atoms with Crippen LogP contribution in [0, 0.1) is 0 Å². The van der Waals surface area contributed by atoms with Crippen molar-refractivity contribution < 1.29 is 17.9 Å². The summed E-state index contributed by atoms with van der Waals surface area (Å²) < 4.78 is 45.9. The van der Waals surface area contributed by atoms with Crippen molar-refractivity contribution in [3.63, 3.8) is 0 Å². The largest absolute Gasteiger partial charge is 0.493 e. The highest BCUT2D eigenvalue weighted by Gasteiger charge is 2.35. The van der Waals surface area contributed by atoms with Crippen LogP contribution in [0.2, 0.25) is 0 Å². The summed E-state index contributed by atoms with van der Waals surface area (Å²) in [6.45, 7) is 5.89. The summed E-state index contributed by atoms with van der Waals surface area (Å²) >= 11 is 1.34. The molecule has 1 aliphatic rings. The lowest BCUT2D eigenvalue weighted by Gasteiger charge is -2.20. The lowest BCUT2D eigenvalue weighted by molar-refractivity contribution is -0.138. The van der Waals surface area contributed by atoms with Gasteiger partial charge in [-0.2, -0.15) is 13.2 Å². The zero-order valence-corrected chi connectivity index (χ0v) is 16.3. The Morgan fingerprint density at radius 3 is 2.78 bits per heavy atom. The Morgan fingerprint density at radius 2 is 2.15 bits per heavy atom. The number of likely N-dealkylation sites (tertiary alicyclic amines) is 1. The molecule has 0 radical (unpaired) electrons. The van der Waals surface area contributed by atoms with E-state index in [2.05, 4.69) is 16.8 Å². The minimum Gasteiger partial charge on any atom is -0.493 e. The number of hydrogen-bond acceptors (Lipinski definition) is 5. The van der Waals surface area contributed by atoms with E-state index in [0.29, 0.717) is 35.4 Å². The van der Waals surface area contributed by atoms with Gasteiger partial charge in [0.05, 0.1) is 17.9 Å². The van der Waals surface area contributed by atoms with Gasteiger partial charge in [0, 0.05) is 23.0 Å². The molecule has 3 rings (SSSR count). The van der Waals surface area contributed by atoms with Crippen LogP contribution in [-0.4, -0.2) is 29.1 Å². The first kappa shape index (κ1) is 19.9. The number of rotatable bonds is 6. The fourth-order valence-electron chi connectivity index (χ4n) is 3.35. The molecule has 1 aromatic carbocycles. The lowest BCUT2D eigenvalue weighted by Crippen LogP contribution is -2.25. The molecule has 1 aromatic heterocycles. The highest BCUT2D eigenvalue weighted by Crippen LogP contribution is 2.40. The zero-order valence-electron chi connectivity index (χ0n) is 15.5. The summed E-state index contributed by atoms with van der Waals surface area (Å²) in [5.74, 6) is -0.147. The maximum absolute atomic E-state index is 13.5. The Kier molecular flexibility index (Phi) is 5.95. The molecular formula is C19H24F3N3OS. The zero-order chi connectivity index (χ0) is 19.6. The topological polar surface area (TPSA) is 51.4 Å². The van der Waals surface area contributed by atoms with E-state index in [1.807, 2.05) is 6.92 Å². The minimum atomic E-state index is -4.50. The normalized spacial score (nSPS) is 18.2. The molecule has 2 heterocycles. The Morgan fingerprint density at radius 1 is 1.37 bits per heavy atom. The number of hydrogen-bond donors (Lipinski definition) is 1. The maximum Gasteiger partial charge on any atom is 0.419 e. The standard InChI is InChI=1S/C19H24F3N3OS/c1-3-9-26-15-7-6-13(10-14(15)19(20,21)22)17-16(27-18(23)24-17)11-25-8-4-5-12(25)2/h6-7,10,12H,3-5,8-9,11H2,1-2H3,(H2,23,24)/t12-/m1/s1.